The number of amides is 1. The van der Waals surface area contributed by atoms with Crippen LogP contribution in [0.4, 0.5) is 0 Å². The first kappa shape index (κ1) is 20.7. The minimum atomic E-state index is -3.33. The fraction of sp³-hybridized carbons (Fsp3) is 0.316. The zero-order valence-electron chi connectivity index (χ0n) is 14.6. The standard InChI is InChI=1S/C19H21Cl2NO3S/c1-13(2)26(24,25)16-8-6-15(7-9-16)19(23)22-11-3-4-14-5-10-17(20)18(21)12-14/h5-10,12-13H,3-4,11H2,1-2H3,(H,22,23). The van der Waals surface area contributed by atoms with E-state index < -0.39 is 15.1 Å². The SMILES string of the molecule is CC(C)S(=O)(=O)c1ccc(C(=O)NCCCc2ccc(Cl)c(Cl)c2)cc1. The molecule has 4 nitrogen and oxygen atoms in total. The molecule has 0 unspecified atom stereocenters. The summed E-state index contributed by atoms with van der Waals surface area (Å²) >= 11 is 11.9. The summed E-state index contributed by atoms with van der Waals surface area (Å²) in [5.74, 6) is -0.229. The van der Waals surface area contributed by atoms with Gasteiger partial charge in [-0.2, -0.15) is 0 Å². The molecule has 0 radical (unpaired) electrons. The van der Waals surface area contributed by atoms with Gasteiger partial charge in [0.15, 0.2) is 9.84 Å². The fourth-order valence-electron chi connectivity index (χ4n) is 2.36. The largest absolute Gasteiger partial charge is 0.352 e. The van der Waals surface area contributed by atoms with Crippen LogP contribution in [-0.4, -0.2) is 26.1 Å². The lowest BCUT2D eigenvalue weighted by atomic mass is 10.1. The Balaban J connectivity index is 1.87. The van der Waals surface area contributed by atoms with Crippen LogP contribution in [0.15, 0.2) is 47.4 Å². The summed E-state index contributed by atoms with van der Waals surface area (Å²) in [7, 11) is -3.33. The maximum Gasteiger partial charge on any atom is 0.251 e. The molecule has 1 amide bonds. The van der Waals surface area contributed by atoms with Gasteiger partial charge in [0.2, 0.25) is 0 Å². The lowest BCUT2D eigenvalue weighted by molar-refractivity contribution is 0.0953. The van der Waals surface area contributed by atoms with Gasteiger partial charge in [-0.3, -0.25) is 4.79 Å². The number of benzene rings is 2. The number of carbonyl (C=O) groups excluding carboxylic acids is 1. The molecule has 2 rings (SSSR count). The van der Waals surface area contributed by atoms with Gasteiger partial charge in [-0.15, -0.1) is 0 Å². The van der Waals surface area contributed by atoms with Crippen molar-refractivity contribution in [2.75, 3.05) is 6.54 Å². The molecule has 0 aliphatic carbocycles. The van der Waals surface area contributed by atoms with Gasteiger partial charge in [-0.1, -0.05) is 29.3 Å². The maximum absolute atomic E-state index is 12.2. The van der Waals surface area contributed by atoms with E-state index in [0.717, 1.165) is 18.4 Å². The normalized spacial score (nSPS) is 11.6. The molecule has 0 fully saturated rings. The third-order valence-corrected chi connectivity index (χ3v) is 6.89. The van der Waals surface area contributed by atoms with Crippen molar-refractivity contribution < 1.29 is 13.2 Å². The minimum absolute atomic E-state index is 0.226. The first-order valence-corrected chi connectivity index (χ1v) is 10.6. The number of halogens is 2. The molecule has 0 heterocycles. The molecular formula is C19H21Cl2NO3S. The van der Waals surface area contributed by atoms with Gasteiger partial charge >= 0.3 is 0 Å². The van der Waals surface area contributed by atoms with Crippen LogP contribution in [0.1, 0.15) is 36.2 Å². The van der Waals surface area contributed by atoms with Crippen molar-refractivity contribution in [3.05, 3.63) is 63.6 Å². The van der Waals surface area contributed by atoms with E-state index in [0.29, 0.717) is 22.2 Å². The first-order chi connectivity index (χ1) is 12.2. The van der Waals surface area contributed by atoms with Gasteiger partial charge in [0, 0.05) is 12.1 Å². The predicted octanol–water partition coefficient (Wildman–Crippen LogP) is 4.54. The van der Waals surface area contributed by atoms with Gasteiger partial charge in [-0.05, 0) is 68.7 Å². The van der Waals surface area contributed by atoms with Crippen LogP contribution in [0.25, 0.3) is 0 Å². The van der Waals surface area contributed by atoms with E-state index in [1.165, 1.54) is 24.3 Å². The Hall–Kier alpha value is -1.56. The van der Waals surface area contributed by atoms with Crippen molar-refractivity contribution in [1.29, 1.82) is 0 Å². The van der Waals surface area contributed by atoms with E-state index >= 15 is 0 Å². The van der Waals surface area contributed by atoms with E-state index in [1.54, 1.807) is 19.9 Å². The summed E-state index contributed by atoms with van der Waals surface area (Å²) in [5, 5.41) is 3.37. The Morgan fingerprint density at radius 3 is 2.27 bits per heavy atom. The average molecular weight is 414 g/mol. The molecule has 1 N–H and O–H groups in total. The van der Waals surface area contributed by atoms with E-state index in [-0.39, 0.29) is 10.8 Å². The Morgan fingerprint density at radius 2 is 1.69 bits per heavy atom. The summed E-state index contributed by atoms with van der Waals surface area (Å²) in [6.07, 6.45) is 1.52. The van der Waals surface area contributed by atoms with E-state index in [4.69, 9.17) is 23.2 Å². The highest BCUT2D eigenvalue weighted by Crippen LogP contribution is 2.23. The third-order valence-electron chi connectivity index (χ3n) is 3.98. The third kappa shape index (κ3) is 5.22. The molecule has 7 heteroatoms. The Kier molecular flexibility index (Phi) is 7.09. The van der Waals surface area contributed by atoms with Crippen LogP contribution in [0.5, 0.6) is 0 Å². The van der Waals surface area contributed by atoms with Crippen LogP contribution < -0.4 is 5.32 Å². The van der Waals surface area contributed by atoms with Crippen molar-refractivity contribution in [3.8, 4) is 0 Å². The summed E-state index contributed by atoms with van der Waals surface area (Å²) in [5.41, 5.74) is 1.49. The molecule has 140 valence electrons. The Bertz CT molecular complexity index is 878. The minimum Gasteiger partial charge on any atom is -0.352 e. The van der Waals surface area contributed by atoms with Crippen LogP contribution in [0.2, 0.25) is 10.0 Å². The number of rotatable bonds is 7. The van der Waals surface area contributed by atoms with Crippen LogP contribution in [0.3, 0.4) is 0 Å². The summed E-state index contributed by atoms with van der Waals surface area (Å²) in [6.45, 7) is 3.76. The molecule has 0 spiro atoms. The van der Waals surface area contributed by atoms with Crippen LogP contribution >= 0.6 is 23.2 Å². The number of carbonyl (C=O) groups is 1. The monoisotopic (exact) mass is 413 g/mol. The fourth-order valence-corrected chi connectivity index (χ4v) is 3.74. The quantitative estimate of drug-likeness (QED) is 0.677. The van der Waals surface area contributed by atoms with Crippen molar-refractivity contribution in [1.82, 2.24) is 5.32 Å². The molecule has 0 aromatic heterocycles. The van der Waals surface area contributed by atoms with Crippen molar-refractivity contribution >= 4 is 38.9 Å². The van der Waals surface area contributed by atoms with E-state index in [1.807, 2.05) is 12.1 Å². The van der Waals surface area contributed by atoms with Gasteiger partial charge in [0.25, 0.3) is 5.91 Å². The molecule has 0 bridgehead atoms. The zero-order chi connectivity index (χ0) is 19.3. The number of aryl methyl sites for hydroxylation is 1. The highest BCUT2D eigenvalue weighted by Gasteiger charge is 2.19. The predicted molar refractivity (Wildman–Crippen MR) is 106 cm³/mol. The van der Waals surface area contributed by atoms with Crippen LogP contribution in [-0.2, 0) is 16.3 Å². The average Bonchev–Trinajstić information content (AvgIpc) is 2.61. The van der Waals surface area contributed by atoms with Gasteiger partial charge in [-0.25, -0.2) is 8.42 Å². The second-order valence-corrected chi connectivity index (χ2v) is 9.54. The summed E-state index contributed by atoms with van der Waals surface area (Å²) in [6, 6.07) is 11.5. The molecule has 2 aromatic rings. The Labute approximate surface area is 164 Å². The lowest BCUT2D eigenvalue weighted by Crippen LogP contribution is -2.24. The number of sulfone groups is 1. The number of hydrogen-bond acceptors (Lipinski definition) is 3. The first-order valence-electron chi connectivity index (χ1n) is 8.28. The molecule has 26 heavy (non-hydrogen) atoms. The molecule has 0 atom stereocenters. The topological polar surface area (TPSA) is 63.2 Å². The molecule has 0 aliphatic rings. The van der Waals surface area contributed by atoms with Gasteiger partial charge < -0.3 is 5.32 Å². The molecular weight excluding hydrogens is 393 g/mol. The smallest absolute Gasteiger partial charge is 0.251 e. The highest BCUT2D eigenvalue weighted by atomic mass is 35.5. The summed E-state index contributed by atoms with van der Waals surface area (Å²) < 4.78 is 24.2. The molecule has 0 saturated carbocycles. The zero-order valence-corrected chi connectivity index (χ0v) is 17.0. The second kappa shape index (κ2) is 8.89. The molecule has 0 aliphatic heterocycles. The lowest BCUT2D eigenvalue weighted by Gasteiger charge is -2.09. The van der Waals surface area contributed by atoms with Crippen molar-refractivity contribution in [3.63, 3.8) is 0 Å². The van der Waals surface area contributed by atoms with E-state index in [9.17, 15) is 13.2 Å². The van der Waals surface area contributed by atoms with E-state index in [2.05, 4.69) is 5.32 Å². The second-order valence-electron chi connectivity index (χ2n) is 6.23. The van der Waals surface area contributed by atoms with Gasteiger partial charge in [0.05, 0.1) is 20.2 Å². The van der Waals surface area contributed by atoms with Crippen LogP contribution in [0, 0.1) is 0 Å². The highest BCUT2D eigenvalue weighted by molar-refractivity contribution is 7.92. The number of nitrogens with one attached hydrogen (secondary N) is 1. The maximum atomic E-state index is 12.2. The van der Waals surface area contributed by atoms with Crippen molar-refractivity contribution in [2.24, 2.45) is 0 Å². The van der Waals surface area contributed by atoms with Gasteiger partial charge in [0.1, 0.15) is 0 Å². The van der Waals surface area contributed by atoms with Crippen molar-refractivity contribution in [2.45, 2.75) is 36.8 Å². The Morgan fingerprint density at radius 1 is 1.04 bits per heavy atom. The summed E-state index contributed by atoms with van der Waals surface area (Å²) in [4.78, 5) is 12.4. The molecule has 2 aromatic carbocycles. The molecule has 0 saturated heterocycles. The number of hydrogen-bond donors (Lipinski definition) is 1.